The second-order valence-electron chi connectivity index (χ2n) is 4.27. The zero-order chi connectivity index (χ0) is 15.5. The molecule has 0 fully saturated rings. The van der Waals surface area contributed by atoms with Crippen molar-refractivity contribution in [1.82, 2.24) is 9.97 Å². The van der Waals surface area contributed by atoms with Gasteiger partial charge in [-0.1, -0.05) is 47.1 Å². The largest absolute Gasteiger partial charge is 0.309 e. The van der Waals surface area contributed by atoms with Crippen molar-refractivity contribution in [2.24, 2.45) is 0 Å². The molecule has 0 aliphatic heterocycles. The lowest BCUT2D eigenvalue weighted by molar-refractivity contribution is -0.113. The van der Waals surface area contributed by atoms with E-state index in [2.05, 4.69) is 15.3 Å². The lowest BCUT2D eigenvalue weighted by Gasteiger charge is -2.05. The summed E-state index contributed by atoms with van der Waals surface area (Å²) < 4.78 is 1.96. The molecule has 0 saturated heterocycles. The van der Waals surface area contributed by atoms with Crippen LogP contribution in [0.4, 0.5) is 5.82 Å². The van der Waals surface area contributed by atoms with Crippen molar-refractivity contribution in [2.75, 3.05) is 11.1 Å². The van der Waals surface area contributed by atoms with E-state index in [-0.39, 0.29) is 11.7 Å². The molecule has 112 valence electrons. The summed E-state index contributed by atoms with van der Waals surface area (Å²) in [6, 6.07) is 9.40. The fourth-order valence-corrected chi connectivity index (χ4v) is 4.01. The number of rotatable bonds is 4. The van der Waals surface area contributed by atoms with Gasteiger partial charge in [0.05, 0.1) is 26.0 Å². The molecule has 2 aromatic heterocycles. The zero-order valence-corrected chi connectivity index (χ0v) is 14.2. The predicted octanol–water partition coefficient (Wildman–Crippen LogP) is 4.73. The highest BCUT2D eigenvalue weighted by Gasteiger charge is 2.10. The Kier molecular flexibility index (Phi) is 4.83. The molecule has 0 aliphatic carbocycles. The van der Waals surface area contributed by atoms with E-state index >= 15 is 0 Å². The molecular formula is C14H9Cl2N3OS2. The molecule has 1 amide bonds. The molecule has 0 unspecified atom stereocenters. The van der Waals surface area contributed by atoms with E-state index in [0.29, 0.717) is 15.9 Å². The number of pyridine rings is 1. The van der Waals surface area contributed by atoms with Crippen LogP contribution < -0.4 is 5.32 Å². The number of thiazole rings is 1. The molecule has 1 aromatic carbocycles. The summed E-state index contributed by atoms with van der Waals surface area (Å²) in [5, 5.41) is 3.39. The molecule has 0 saturated carbocycles. The maximum atomic E-state index is 12.0. The van der Waals surface area contributed by atoms with Crippen LogP contribution in [0.25, 0.3) is 10.2 Å². The van der Waals surface area contributed by atoms with E-state index in [4.69, 9.17) is 23.2 Å². The van der Waals surface area contributed by atoms with Crippen molar-refractivity contribution in [2.45, 2.75) is 4.34 Å². The van der Waals surface area contributed by atoms with Gasteiger partial charge in [0.25, 0.3) is 0 Å². The number of para-hydroxylation sites is 1. The standard InChI is InChI=1S/C14H9Cl2N3OS2/c15-8-5-9(16)13(17-6-8)19-12(20)7-21-14-18-10-3-1-2-4-11(10)22-14/h1-6H,7H2,(H,17,19,20). The van der Waals surface area contributed by atoms with Gasteiger partial charge in [-0.2, -0.15) is 0 Å². The fraction of sp³-hybridized carbons (Fsp3) is 0.0714. The molecule has 3 aromatic rings. The highest BCUT2D eigenvalue weighted by molar-refractivity contribution is 8.01. The molecule has 0 spiro atoms. The molecule has 3 rings (SSSR count). The number of benzene rings is 1. The summed E-state index contributed by atoms with van der Waals surface area (Å²) in [6.45, 7) is 0. The van der Waals surface area contributed by atoms with E-state index in [9.17, 15) is 4.79 Å². The Balaban J connectivity index is 1.62. The second-order valence-corrected chi connectivity index (χ2v) is 7.37. The molecule has 22 heavy (non-hydrogen) atoms. The van der Waals surface area contributed by atoms with Crippen molar-refractivity contribution in [3.63, 3.8) is 0 Å². The third-order valence-electron chi connectivity index (χ3n) is 2.67. The number of carbonyl (C=O) groups excluding carboxylic acids is 1. The number of nitrogens with one attached hydrogen (secondary N) is 1. The van der Waals surface area contributed by atoms with Gasteiger partial charge in [0.15, 0.2) is 10.2 Å². The fourth-order valence-electron chi connectivity index (χ4n) is 1.71. The third kappa shape index (κ3) is 3.70. The number of nitrogens with zero attached hydrogens (tertiary/aromatic N) is 2. The molecule has 0 radical (unpaired) electrons. The van der Waals surface area contributed by atoms with Gasteiger partial charge in [-0.25, -0.2) is 9.97 Å². The molecule has 2 heterocycles. The lowest BCUT2D eigenvalue weighted by Crippen LogP contribution is -2.15. The van der Waals surface area contributed by atoms with Crippen LogP contribution in [0.1, 0.15) is 0 Å². The SMILES string of the molecule is O=C(CSc1nc2ccccc2s1)Nc1ncc(Cl)cc1Cl. The third-order valence-corrected chi connectivity index (χ3v) is 5.34. The second kappa shape index (κ2) is 6.83. The molecule has 0 atom stereocenters. The van der Waals surface area contributed by atoms with Gasteiger partial charge >= 0.3 is 0 Å². The van der Waals surface area contributed by atoms with Gasteiger partial charge in [-0.3, -0.25) is 4.79 Å². The molecule has 4 nitrogen and oxygen atoms in total. The normalized spacial score (nSPS) is 10.8. The number of fused-ring (bicyclic) bond motifs is 1. The van der Waals surface area contributed by atoms with Crippen molar-refractivity contribution in [1.29, 1.82) is 0 Å². The van der Waals surface area contributed by atoms with Crippen LogP contribution in [0.2, 0.25) is 10.0 Å². The number of halogens is 2. The highest BCUT2D eigenvalue weighted by atomic mass is 35.5. The van der Waals surface area contributed by atoms with Gasteiger partial charge in [-0.05, 0) is 18.2 Å². The number of carbonyl (C=O) groups is 1. The number of amides is 1. The average Bonchev–Trinajstić information content (AvgIpc) is 2.91. The van der Waals surface area contributed by atoms with Gasteiger partial charge in [0.2, 0.25) is 5.91 Å². The minimum Gasteiger partial charge on any atom is -0.309 e. The van der Waals surface area contributed by atoms with Crippen LogP contribution in [0.15, 0.2) is 40.9 Å². The summed E-state index contributed by atoms with van der Waals surface area (Å²) in [6.07, 6.45) is 1.43. The van der Waals surface area contributed by atoms with Gasteiger partial charge in [0.1, 0.15) is 0 Å². The van der Waals surface area contributed by atoms with Crippen molar-refractivity contribution < 1.29 is 4.79 Å². The molecule has 1 N–H and O–H groups in total. The van der Waals surface area contributed by atoms with Crippen molar-refractivity contribution in [3.05, 3.63) is 46.6 Å². The van der Waals surface area contributed by atoms with Crippen molar-refractivity contribution >= 4 is 68.2 Å². The highest BCUT2D eigenvalue weighted by Crippen LogP contribution is 2.29. The Morgan fingerprint density at radius 2 is 2.14 bits per heavy atom. The number of aromatic nitrogens is 2. The Morgan fingerprint density at radius 1 is 1.32 bits per heavy atom. The number of thioether (sulfide) groups is 1. The Bertz CT molecular complexity index is 805. The summed E-state index contributed by atoms with van der Waals surface area (Å²) in [4.78, 5) is 20.4. The van der Waals surface area contributed by atoms with E-state index in [1.807, 2.05) is 24.3 Å². The van der Waals surface area contributed by atoms with Gasteiger partial charge in [0, 0.05) is 6.20 Å². The zero-order valence-electron chi connectivity index (χ0n) is 11.0. The maximum absolute atomic E-state index is 12.0. The summed E-state index contributed by atoms with van der Waals surface area (Å²) in [7, 11) is 0. The topological polar surface area (TPSA) is 54.9 Å². The molecule has 8 heteroatoms. The smallest absolute Gasteiger partial charge is 0.236 e. The van der Waals surface area contributed by atoms with E-state index in [0.717, 1.165) is 14.6 Å². The number of hydrogen-bond acceptors (Lipinski definition) is 5. The Labute approximate surface area is 144 Å². The lowest BCUT2D eigenvalue weighted by atomic mass is 10.3. The van der Waals surface area contributed by atoms with E-state index in [1.54, 1.807) is 11.3 Å². The van der Waals surface area contributed by atoms with Crippen LogP contribution in [0, 0.1) is 0 Å². The number of anilines is 1. The van der Waals surface area contributed by atoms with E-state index in [1.165, 1.54) is 24.0 Å². The van der Waals surface area contributed by atoms with Crippen LogP contribution in [-0.2, 0) is 4.79 Å². The molecular weight excluding hydrogens is 361 g/mol. The quantitative estimate of drug-likeness (QED) is 0.675. The van der Waals surface area contributed by atoms with Crippen LogP contribution >= 0.6 is 46.3 Å². The van der Waals surface area contributed by atoms with Gasteiger partial charge < -0.3 is 5.32 Å². The summed E-state index contributed by atoms with van der Waals surface area (Å²) in [5.74, 6) is 0.349. The first-order chi connectivity index (χ1) is 10.6. The first-order valence-corrected chi connectivity index (χ1v) is 8.77. The Morgan fingerprint density at radius 3 is 2.91 bits per heavy atom. The van der Waals surface area contributed by atoms with Crippen molar-refractivity contribution in [3.8, 4) is 0 Å². The minimum absolute atomic E-state index is 0.194. The van der Waals surface area contributed by atoms with Gasteiger partial charge in [-0.15, -0.1) is 11.3 Å². The maximum Gasteiger partial charge on any atom is 0.236 e. The average molecular weight is 370 g/mol. The Hall–Kier alpha value is -1.34. The summed E-state index contributed by atoms with van der Waals surface area (Å²) >= 11 is 14.7. The minimum atomic E-state index is -0.194. The summed E-state index contributed by atoms with van der Waals surface area (Å²) in [5.41, 5.74) is 0.942. The van der Waals surface area contributed by atoms with Crippen LogP contribution in [0.5, 0.6) is 0 Å². The first-order valence-electron chi connectivity index (χ1n) is 6.21. The first kappa shape index (κ1) is 15.6. The number of hydrogen-bond donors (Lipinski definition) is 1. The monoisotopic (exact) mass is 369 g/mol. The van der Waals surface area contributed by atoms with Crippen LogP contribution in [0.3, 0.4) is 0 Å². The molecule has 0 bridgehead atoms. The molecule has 0 aliphatic rings. The predicted molar refractivity (Wildman–Crippen MR) is 93.2 cm³/mol. The van der Waals surface area contributed by atoms with Crippen LogP contribution in [-0.4, -0.2) is 21.6 Å². The van der Waals surface area contributed by atoms with E-state index < -0.39 is 0 Å².